The van der Waals surface area contributed by atoms with Gasteiger partial charge in [0.1, 0.15) is 0 Å². The normalized spacial score (nSPS) is 11.3. The molecule has 0 aliphatic rings. The van der Waals surface area contributed by atoms with Gasteiger partial charge in [0, 0.05) is 24.5 Å². The lowest BCUT2D eigenvalue weighted by Crippen LogP contribution is -2.34. The highest BCUT2D eigenvalue weighted by Crippen LogP contribution is 2.14. The van der Waals surface area contributed by atoms with Gasteiger partial charge in [0.25, 0.3) is 0 Å². The van der Waals surface area contributed by atoms with Crippen molar-refractivity contribution in [3.8, 4) is 0 Å². The number of nitrogens with one attached hydrogen (secondary N) is 2. The highest BCUT2D eigenvalue weighted by atomic mass is 35.5. The van der Waals surface area contributed by atoms with Crippen LogP contribution in [-0.2, 0) is 21.2 Å². The highest BCUT2D eigenvalue weighted by molar-refractivity contribution is 7.89. The summed E-state index contributed by atoms with van der Waals surface area (Å²) in [4.78, 5) is 11.9. The van der Waals surface area contributed by atoms with Gasteiger partial charge in [-0.2, -0.15) is 0 Å². The molecule has 0 aliphatic heterocycles. The molecule has 2 N–H and O–H groups in total. The van der Waals surface area contributed by atoms with E-state index in [9.17, 15) is 13.2 Å². The highest BCUT2D eigenvalue weighted by Gasteiger charge is 2.13. The largest absolute Gasteiger partial charge is 0.355 e. The molecular formula is C18H21ClN2O3S. The van der Waals surface area contributed by atoms with Crippen LogP contribution in [0, 0.1) is 6.92 Å². The number of aryl methyl sites for hydroxylation is 2. The summed E-state index contributed by atoms with van der Waals surface area (Å²) in [5.41, 5.74) is 2.27. The fourth-order valence-corrected chi connectivity index (χ4v) is 3.65. The zero-order valence-corrected chi connectivity index (χ0v) is 15.5. The van der Waals surface area contributed by atoms with Gasteiger partial charge >= 0.3 is 0 Å². The summed E-state index contributed by atoms with van der Waals surface area (Å²) >= 11 is 5.80. The number of halogens is 1. The number of benzene rings is 2. The van der Waals surface area contributed by atoms with Crippen molar-refractivity contribution in [1.29, 1.82) is 0 Å². The maximum absolute atomic E-state index is 12.1. The van der Waals surface area contributed by atoms with Crippen LogP contribution >= 0.6 is 11.6 Å². The van der Waals surface area contributed by atoms with Crippen LogP contribution in [0.4, 0.5) is 0 Å². The zero-order valence-electron chi connectivity index (χ0n) is 14.0. The first-order valence-corrected chi connectivity index (χ1v) is 9.80. The van der Waals surface area contributed by atoms with Crippen molar-refractivity contribution in [3.63, 3.8) is 0 Å². The van der Waals surface area contributed by atoms with Crippen LogP contribution in [0.15, 0.2) is 53.4 Å². The Morgan fingerprint density at radius 2 is 1.84 bits per heavy atom. The second-order valence-electron chi connectivity index (χ2n) is 5.69. The average molecular weight is 381 g/mol. The zero-order chi connectivity index (χ0) is 18.3. The lowest BCUT2D eigenvalue weighted by molar-refractivity contribution is -0.121. The molecule has 2 aromatic carbocycles. The first-order valence-electron chi connectivity index (χ1n) is 7.94. The van der Waals surface area contributed by atoms with Crippen LogP contribution < -0.4 is 10.0 Å². The van der Waals surface area contributed by atoms with E-state index in [-0.39, 0.29) is 23.9 Å². The lowest BCUT2D eigenvalue weighted by atomic mass is 10.1. The molecular weight excluding hydrogens is 360 g/mol. The standard InChI is InChI=1S/C18H21ClN2O3S/c1-14-4-2-5-15(12-14)8-9-18(22)20-10-11-21-25(23,24)17-7-3-6-16(19)13-17/h2-7,12-13,21H,8-11H2,1H3,(H,20,22). The minimum Gasteiger partial charge on any atom is -0.355 e. The quantitative estimate of drug-likeness (QED) is 0.691. The van der Waals surface area contributed by atoms with Crippen LogP contribution in [0.5, 0.6) is 0 Å². The summed E-state index contributed by atoms with van der Waals surface area (Å²) in [6.07, 6.45) is 1.02. The third-order valence-electron chi connectivity index (χ3n) is 3.57. The Labute approximate surface area is 153 Å². The smallest absolute Gasteiger partial charge is 0.240 e. The molecule has 0 bridgehead atoms. The number of amides is 1. The Morgan fingerprint density at radius 1 is 1.08 bits per heavy atom. The molecule has 0 saturated heterocycles. The maximum Gasteiger partial charge on any atom is 0.240 e. The molecule has 0 aromatic heterocycles. The Morgan fingerprint density at radius 3 is 2.56 bits per heavy atom. The number of sulfonamides is 1. The van der Waals surface area contributed by atoms with E-state index in [1.165, 1.54) is 12.1 Å². The predicted molar refractivity (Wildman–Crippen MR) is 99.2 cm³/mol. The van der Waals surface area contributed by atoms with Crippen molar-refractivity contribution in [2.24, 2.45) is 0 Å². The summed E-state index contributed by atoms with van der Waals surface area (Å²) in [6.45, 7) is 2.35. The number of hydrogen-bond donors (Lipinski definition) is 2. The Kier molecular flexibility index (Phi) is 6.99. The number of rotatable bonds is 8. The molecule has 0 unspecified atom stereocenters. The van der Waals surface area contributed by atoms with Crippen molar-refractivity contribution in [1.82, 2.24) is 10.0 Å². The van der Waals surface area contributed by atoms with E-state index in [1.807, 2.05) is 31.2 Å². The predicted octanol–water partition coefficient (Wildman–Crippen LogP) is 2.68. The van der Waals surface area contributed by atoms with Gasteiger partial charge in [0.2, 0.25) is 15.9 Å². The summed E-state index contributed by atoms with van der Waals surface area (Å²) in [6, 6.07) is 14.0. The molecule has 0 heterocycles. The lowest BCUT2D eigenvalue weighted by Gasteiger charge is -2.08. The van der Waals surface area contributed by atoms with E-state index >= 15 is 0 Å². The molecule has 0 saturated carbocycles. The summed E-state index contributed by atoms with van der Waals surface area (Å²) in [5, 5.41) is 3.07. The van der Waals surface area contributed by atoms with E-state index in [0.29, 0.717) is 17.9 Å². The minimum atomic E-state index is -3.63. The molecule has 0 radical (unpaired) electrons. The molecule has 25 heavy (non-hydrogen) atoms. The fraction of sp³-hybridized carbons (Fsp3) is 0.278. The molecule has 2 rings (SSSR count). The van der Waals surface area contributed by atoms with Crippen molar-refractivity contribution >= 4 is 27.5 Å². The monoisotopic (exact) mass is 380 g/mol. The van der Waals surface area contributed by atoms with Gasteiger partial charge in [-0.15, -0.1) is 0 Å². The summed E-state index contributed by atoms with van der Waals surface area (Å²) in [7, 11) is -3.63. The molecule has 5 nitrogen and oxygen atoms in total. The number of hydrogen-bond acceptors (Lipinski definition) is 3. The van der Waals surface area contributed by atoms with Gasteiger partial charge in [-0.25, -0.2) is 13.1 Å². The van der Waals surface area contributed by atoms with Crippen LogP contribution in [-0.4, -0.2) is 27.4 Å². The average Bonchev–Trinajstić information content (AvgIpc) is 2.57. The van der Waals surface area contributed by atoms with Crippen LogP contribution in [0.3, 0.4) is 0 Å². The van der Waals surface area contributed by atoms with E-state index < -0.39 is 10.0 Å². The van der Waals surface area contributed by atoms with Crippen LogP contribution in [0.2, 0.25) is 5.02 Å². The minimum absolute atomic E-state index is 0.103. The van der Waals surface area contributed by atoms with Crippen LogP contribution in [0.25, 0.3) is 0 Å². The van der Waals surface area contributed by atoms with Gasteiger partial charge in [-0.1, -0.05) is 47.5 Å². The van der Waals surface area contributed by atoms with Crippen molar-refractivity contribution in [3.05, 3.63) is 64.7 Å². The van der Waals surface area contributed by atoms with Crippen molar-refractivity contribution in [2.75, 3.05) is 13.1 Å². The van der Waals surface area contributed by atoms with Gasteiger partial charge < -0.3 is 5.32 Å². The Balaban J connectivity index is 1.72. The first-order chi connectivity index (χ1) is 11.9. The Hall–Kier alpha value is -1.89. The summed E-state index contributed by atoms with van der Waals surface area (Å²) < 4.78 is 26.6. The molecule has 0 spiro atoms. The second-order valence-corrected chi connectivity index (χ2v) is 7.90. The van der Waals surface area contributed by atoms with Gasteiger partial charge in [-0.05, 0) is 37.1 Å². The second kappa shape index (κ2) is 8.99. The molecule has 0 aliphatic carbocycles. The molecule has 0 atom stereocenters. The maximum atomic E-state index is 12.1. The first kappa shape index (κ1) is 19.4. The van der Waals surface area contributed by atoms with Crippen molar-refractivity contribution < 1.29 is 13.2 Å². The molecule has 0 fully saturated rings. The fourth-order valence-electron chi connectivity index (χ4n) is 2.32. The summed E-state index contributed by atoms with van der Waals surface area (Å²) in [5.74, 6) is -0.108. The van der Waals surface area contributed by atoms with Gasteiger partial charge in [-0.3, -0.25) is 4.79 Å². The number of carbonyl (C=O) groups is 1. The van der Waals surface area contributed by atoms with E-state index in [0.717, 1.165) is 11.1 Å². The molecule has 2 aromatic rings. The number of carbonyl (C=O) groups excluding carboxylic acids is 1. The van der Waals surface area contributed by atoms with E-state index in [4.69, 9.17) is 11.6 Å². The molecule has 7 heteroatoms. The SMILES string of the molecule is Cc1cccc(CCC(=O)NCCNS(=O)(=O)c2cccc(Cl)c2)c1. The van der Waals surface area contributed by atoms with E-state index in [1.54, 1.807) is 12.1 Å². The molecule has 134 valence electrons. The Bertz CT molecular complexity index is 838. The van der Waals surface area contributed by atoms with Gasteiger partial charge in [0.15, 0.2) is 0 Å². The molecule has 1 amide bonds. The third kappa shape index (κ3) is 6.49. The topological polar surface area (TPSA) is 75.3 Å². The van der Waals surface area contributed by atoms with E-state index in [2.05, 4.69) is 10.0 Å². The van der Waals surface area contributed by atoms with Crippen LogP contribution in [0.1, 0.15) is 17.5 Å². The van der Waals surface area contributed by atoms with Crippen molar-refractivity contribution in [2.45, 2.75) is 24.7 Å². The third-order valence-corrected chi connectivity index (χ3v) is 5.26. The van der Waals surface area contributed by atoms with Gasteiger partial charge in [0.05, 0.1) is 4.90 Å².